The first-order valence-corrected chi connectivity index (χ1v) is 12.3. The molecule has 9 nitrogen and oxygen atoms in total. The number of ether oxygens (including phenoxy) is 1. The van der Waals surface area contributed by atoms with Gasteiger partial charge in [0.25, 0.3) is 5.95 Å². The number of pyridine rings is 1. The summed E-state index contributed by atoms with van der Waals surface area (Å²) >= 11 is 0. The van der Waals surface area contributed by atoms with E-state index in [0.29, 0.717) is 24.5 Å². The summed E-state index contributed by atoms with van der Waals surface area (Å²) in [5.41, 5.74) is 3.30. The molecule has 2 saturated carbocycles. The van der Waals surface area contributed by atoms with Gasteiger partial charge in [-0.2, -0.15) is 4.98 Å². The summed E-state index contributed by atoms with van der Waals surface area (Å²) in [5.74, 6) is 2.87. The van der Waals surface area contributed by atoms with Crippen molar-refractivity contribution in [2.45, 2.75) is 83.8 Å². The van der Waals surface area contributed by atoms with Crippen molar-refractivity contribution < 1.29 is 9.26 Å². The molecule has 0 radical (unpaired) electrons. The van der Waals surface area contributed by atoms with Crippen LogP contribution in [-0.4, -0.2) is 36.2 Å². The molecule has 3 heterocycles. The normalized spacial score (nSPS) is 17.2. The SMILES string of the molecule is Cc1nc(-c2nnn(C)c2CNc2noc(CCC3CCC3)n2)ccc1OC1CCCCC1. The fraction of sp³-hybridized carbons (Fsp3) is 0.625. The molecule has 0 amide bonds. The third kappa shape index (κ3) is 5.17. The highest BCUT2D eigenvalue weighted by molar-refractivity contribution is 5.58. The fourth-order valence-corrected chi connectivity index (χ4v) is 4.64. The minimum Gasteiger partial charge on any atom is -0.489 e. The predicted octanol–water partition coefficient (Wildman–Crippen LogP) is 4.62. The first-order valence-electron chi connectivity index (χ1n) is 12.3. The van der Waals surface area contributed by atoms with E-state index in [1.54, 1.807) is 4.68 Å². The number of rotatable bonds is 9. The Kier molecular flexibility index (Phi) is 6.55. The molecule has 0 saturated heterocycles. The molecule has 2 aliphatic carbocycles. The lowest BCUT2D eigenvalue weighted by Crippen LogP contribution is -2.20. The highest BCUT2D eigenvalue weighted by atomic mass is 16.5. The average Bonchev–Trinajstić information content (AvgIpc) is 3.39. The van der Waals surface area contributed by atoms with Crippen LogP contribution in [0.15, 0.2) is 16.7 Å². The zero-order valence-electron chi connectivity index (χ0n) is 19.6. The van der Waals surface area contributed by atoms with E-state index in [2.05, 4.69) is 25.8 Å². The highest BCUT2D eigenvalue weighted by Crippen LogP contribution is 2.31. The van der Waals surface area contributed by atoms with Crippen LogP contribution in [0.5, 0.6) is 5.75 Å². The van der Waals surface area contributed by atoms with E-state index >= 15 is 0 Å². The van der Waals surface area contributed by atoms with Crippen LogP contribution in [0.3, 0.4) is 0 Å². The van der Waals surface area contributed by atoms with Crippen LogP contribution < -0.4 is 10.1 Å². The van der Waals surface area contributed by atoms with Gasteiger partial charge in [-0.3, -0.25) is 0 Å². The van der Waals surface area contributed by atoms with Gasteiger partial charge in [0.1, 0.15) is 11.4 Å². The van der Waals surface area contributed by atoms with Crippen molar-refractivity contribution in [1.82, 2.24) is 30.1 Å². The zero-order valence-corrected chi connectivity index (χ0v) is 19.6. The molecular formula is C24H33N7O2. The van der Waals surface area contributed by atoms with Gasteiger partial charge in [0.15, 0.2) is 0 Å². The van der Waals surface area contributed by atoms with E-state index in [1.165, 1.54) is 38.5 Å². The Morgan fingerprint density at radius 1 is 1.09 bits per heavy atom. The van der Waals surface area contributed by atoms with Crippen molar-refractivity contribution in [2.24, 2.45) is 13.0 Å². The standard InChI is InChI=1S/C24H33N7O2/c1-16-21(32-18-9-4-3-5-10-18)13-12-19(26-16)23-20(31(2)30-28-23)15-25-24-27-22(33-29-24)14-11-17-7-6-8-17/h12-13,17-18H,3-11,14-15H2,1-2H3,(H,25,29). The number of nitrogens with zero attached hydrogens (tertiary/aromatic N) is 6. The van der Waals surface area contributed by atoms with Crippen molar-refractivity contribution in [3.8, 4) is 17.1 Å². The maximum absolute atomic E-state index is 6.22. The number of nitrogens with one attached hydrogen (secondary N) is 1. The molecule has 9 heteroatoms. The van der Waals surface area contributed by atoms with Crippen molar-refractivity contribution in [3.63, 3.8) is 0 Å². The minimum absolute atomic E-state index is 0.301. The van der Waals surface area contributed by atoms with Crippen LogP contribution in [0.2, 0.25) is 0 Å². The number of aromatic nitrogens is 6. The van der Waals surface area contributed by atoms with Crippen LogP contribution in [0.4, 0.5) is 5.95 Å². The minimum atomic E-state index is 0.301. The number of hydrogen-bond acceptors (Lipinski definition) is 8. The fourth-order valence-electron chi connectivity index (χ4n) is 4.64. The maximum Gasteiger partial charge on any atom is 0.263 e. The monoisotopic (exact) mass is 451 g/mol. The molecule has 0 bridgehead atoms. The van der Waals surface area contributed by atoms with Gasteiger partial charge in [-0.15, -0.1) is 5.10 Å². The van der Waals surface area contributed by atoms with Crippen LogP contribution >= 0.6 is 0 Å². The lowest BCUT2D eigenvalue weighted by Gasteiger charge is -2.24. The average molecular weight is 452 g/mol. The topological polar surface area (TPSA) is 104 Å². The van der Waals surface area contributed by atoms with E-state index in [-0.39, 0.29) is 0 Å². The summed E-state index contributed by atoms with van der Waals surface area (Å²) in [6, 6.07) is 3.97. The molecule has 0 atom stereocenters. The quantitative estimate of drug-likeness (QED) is 0.502. The molecule has 2 aliphatic rings. The Morgan fingerprint density at radius 2 is 1.94 bits per heavy atom. The Bertz CT molecular complexity index is 1070. The van der Waals surface area contributed by atoms with Gasteiger partial charge in [-0.05, 0) is 62.2 Å². The molecule has 0 unspecified atom stereocenters. The van der Waals surface area contributed by atoms with Crippen molar-refractivity contribution >= 4 is 5.95 Å². The Labute approximate surface area is 194 Å². The highest BCUT2D eigenvalue weighted by Gasteiger charge is 2.20. The summed E-state index contributed by atoms with van der Waals surface area (Å²) in [5, 5.41) is 15.9. The molecule has 33 heavy (non-hydrogen) atoms. The van der Waals surface area contributed by atoms with Crippen LogP contribution in [0.25, 0.3) is 11.4 Å². The van der Waals surface area contributed by atoms with Crippen LogP contribution in [0.1, 0.15) is 75.1 Å². The summed E-state index contributed by atoms with van der Waals surface area (Å²) in [4.78, 5) is 9.26. The zero-order chi connectivity index (χ0) is 22.6. The van der Waals surface area contributed by atoms with Gasteiger partial charge in [0.05, 0.1) is 29.7 Å². The second-order valence-electron chi connectivity index (χ2n) is 9.37. The van der Waals surface area contributed by atoms with Gasteiger partial charge in [0.2, 0.25) is 5.89 Å². The third-order valence-corrected chi connectivity index (χ3v) is 6.94. The molecule has 1 N–H and O–H groups in total. The Morgan fingerprint density at radius 3 is 2.70 bits per heavy atom. The molecule has 176 valence electrons. The smallest absolute Gasteiger partial charge is 0.263 e. The van der Waals surface area contributed by atoms with Gasteiger partial charge < -0.3 is 14.6 Å². The number of aryl methyl sites for hydroxylation is 3. The van der Waals surface area contributed by atoms with Crippen molar-refractivity contribution in [1.29, 1.82) is 0 Å². The predicted molar refractivity (Wildman–Crippen MR) is 124 cm³/mol. The lowest BCUT2D eigenvalue weighted by atomic mass is 9.82. The van der Waals surface area contributed by atoms with Crippen molar-refractivity contribution in [3.05, 3.63) is 29.4 Å². The molecule has 3 aromatic heterocycles. The van der Waals surface area contributed by atoms with E-state index in [4.69, 9.17) is 14.2 Å². The van der Waals surface area contributed by atoms with Gasteiger partial charge in [-0.1, -0.05) is 30.9 Å². The summed E-state index contributed by atoms with van der Waals surface area (Å²) in [6.45, 7) is 2.46. The first kappa shape index (κ1) is 21.9. The second-order valence-corrected chi connectivity index (χ2v) is 9.37. The number of anilines is 1. The molecule has 0 aliphatic heterocycles. The van der Waals surface area contributed by atoms with E-state index in [0.717, 1.165) is 60.1 Å². The molecule has 5 rings (SSSR count). The molecule has 0 aromatic carbocycles. The lowest BCUT2D eigenvalue weighted by molar-refractivity contribution is 0.153. The van der Waals surface area contributed by atoms with Crippen LogP contribution in [-0.2, 0) is 20.0 Å². The van der Waals surface area contributed by atoms with Gasteiger partial charge in [0, 0.05) is 13.5 Å². The molecule has 3 aromatic rings. The first-order chi connectivity index (χ1) is 16.2. The molecule has 2 fully saturated rings. The number of hydrogen-bond donors (Lipinski definition) is 1. The largest absolute Gasteiger partial charge is 0.489 e. The Balaban J connectivity index is 1.23. The van der Waals surface area contributed by atoms with Gasteiger partial charge >= 0.3 is 0 Å². The summed E-state index contributed by atoms with van der Waals surface area (Å²) in [7, 11) is 1.88. The summed E-state index contributed by atoms with van der Waals surface area (Å²) in [6.07, 6.45) is 12.3. The van der Waals surface area contributed by atoms with E-state index < -0.39 is 0 Å². The van der Waals surface area contributed by atoms with E-state index in [9.17, 15) is 0 Å². The van der Waals surface area contributed by atoms with Crippen LogP contribution in [0, 0.1) is 12.8 Å². The van der Waals surface area contributed by atoms with E-state index in [1.807, 2.05) is 26.1 Å². The van der Waals surface area contributed by atoms with Gasteiger partial charge in [-0.25, -0.2) is 9.67 Å². The summed E-state index contributed by atoms with van der Waals surface area (Å²) < 4.78 is 13.4. The molecule has 0 spiro atoms. The Hall–Kier alpha value is -2.97. The maximum atomic E-state index is 6.22. The van der Waals surface area contributed by atoms with Crippen molar-refractivity contribution in [2.75, 3.05) is 5.32 Å². The molecular weight excluding hydrogens is 418 g/mol. The third-order valence-electron chi connectivity index (χ3n) is 6.94. The second kappa shape index (κ2) is 9.89.